The maximum absolute atomic E-state index is 11.6. The molecule has 0 amide bonds. The fraction of sp³-hybridized carbons (Fsp3) is 0.412. The second kappa shape index (κ2) is 13.9. The second-order valence-corrected chi connectivity index (χ2v) is 16.6. The van der Waals surface area contributed by atoms with Crippen molar-refractivity contribution in [3.8, 4) is 0 Å². The minimum absolute atomic E-state index is 0. The van der Waals surface area contributed by atoms with Crippen LogP contribution in [0.5, 0.6) is 0 Å². The van der Waals surface area contributed by atoms with Gasteiger partial charge in [-0.05, 0) is 63.7 Å². The van der Waals surface area contributed by atoms with Gasteiger partial charge in [-0.15, -0.1) is 5.25 Å². The zero-order chi connectivity index (χ0) is 15.6. The normalized spacial score (nSPS) is 19.5. The van der Waals surface area contributed by atoms with Crippen molar-refractivity contribution in [2.75, 3.05) is 0 Å². The Morgan fingerprint density at radius 2 is 1.33 bits per heavy atom. The van der Waals surface area contributed by atoms with E-state index in [0.717, 1.165) is 5.25 Å². The van der Waals surface area contributed by atoms with Gasteiger partial charge < -0.3 is 6.42 Å². The van der Waals surface area contributed by atoms with E-state index in [4.69, 9.17) is 0 Å². The van der Waals surface area contributed by atoms with Crippen LogP contribution < -0.4 is 0 Å². The monoisotopic (exact) mass is 454 g/mol. The Bertz CT molecular complexity index is 244. The summed E-state index contributed by atoms with van der Waals surface area (Å²) in [5.74, 6) is 0. The van der Waals surface area contributed by atoms with Crippen LogP contribution in [0.15, 0.2) is 0 Å². The number of rotatable bonds is 1. The summed E-state index contributed by atoms with van der Waals surface area (Å²) in [5.41, 5.74) is 0. The average molecular weight is 453 g/mol. The molecule has 0 heterocycles. The van der Waals surface area contributed by atoms with Gasteiger partial charge in [0.1, 0.15) is 0 Å². The molecule has 2 rings (SSSR count). The predicted octanol–water partition coefficient (Wildman–Crippen LogP) is 4.16. The molecule has 0 aliphatic heterocycles. The molecule has 0 aromatic heterocycles. The first-order valence-electron chi connectivity index (χ1n) is 6.74. The minimum atomic E-state index is -0.925. The predicted molar refractivity (Wildman–Crippen MR) is 92.1 cm³/mol. The molecule has 0 aromatic rings. The molecule has 0 spiro atoms. The molecule has 116 valence electrons. The molecule has 1 nitrogen and oxygen atoms in total. The Morgan fingerprint density at radius 3 is 1.57 bits per heavy atom. The number of hydrogen-bond donors (Lipinski definition) is 0. The van der Waals surface area contributed by atoms with Gasteiger partial charge in [0.05, 0.1) is 0 Å². The van der Waals surface area contributed by atoms with Crippen LogP contribution in [0.3, 0.4) is 0 Å². The molecule has 4 heteroatoms. The van der Waals surface area contributed by atoms with Crippen molar-refractivity contribution in [2.24, 2.45) is 0 Å². The zero-order valence-electron chi connectivity index (χ0n) is 13.8. The third kappa shape index (κ3) is 14.8. The Morgan fingerprint density at radius 1 is 0.952 bits per heavy atom. The van der Waals surface area contributed by atoms with E-state index in [1.807, 2.05) is 65.7 Å². The molecule has 2 fully saturated rings. The van der Waals surface area contributed by atoms with Crippen LogP contribution in [0.25, 0.3) is 0 Å². The molecule has 1 atom stereocenters. The smallest absolute Gasteiger partial charge is 0.0312 e. The van der Waals surface area contributed by atoms with Crippen molar-refractivity contribution in [3.05, 3.63) is 63.0 Å². The van der Waals surface area contributed by atoms with Gasteiger partial charge in [0.15, 0.2) is 0 Å². The van der Waals surface area contributed by atoms with Crippen LogP contribution in [-0.2, 0) is 27.9 Å². The standard InChI is InChI=1S/C9H12OS.C5H5.3CH3.Fe.Sn/c1-9(2,3)11(10)8-6-4-5-7-8;1-2-4-5-3-1;;;;;/h4-6H,1-3H3;1-5H;3*1H3;;/q-1;;;;;+2;+1/t11-;;;;;;/m0....../s1. The molecule has 0 N–H and O–H groups in total. The topological polar surface area (TPSA) is 17.1 Å². The van der Waals surface area contributed by atoms with Crippen molar-refractivity contribution in [3.63, 3.8) is 0 Å². The van der Waals surface area contributed by atoms with Crippen molar-refractivity contribution >= 4 is 30.6 Å². The van der Waals surface area contributed by atoms with Crippen molar-refractivity contribution in [1.29, 1.82) is 0 Å². The van der Waals surface area contributed by atoms with Gasteiger partial charge in [0, 0.05) is 4.75 Å². The quantitative estimate of drug-likeness (QED) is 0.431. The molecule has 2 saturated carbocycles. The van der Waals surface area contributed by atoms with E-state index in [2.05, 4.69) is 21.2 Å². The van der Waals surface area contributed by atoms with Crippen LogP contribution in [0, 0.1) is 63.0 Å². The van der Waals surface area contributed by atoms with Gasteiger partial charge in [0.2, 0.25) is 0 Å². The van der Waals surface area contributed by atoms with Crippen molar-refractivity contribution < 1.29 is 21.3 Å². The van der Waals surface area contributed by atoms with E-state index in [-0.39, 0.29) is 21.8 Å². The Labute approximate surface area is 154 Å². The first kappa shape index (κ1) is 24.7. The van der Waals surface area contributed by atoms with Gasteiger partial charge in [-0.2, -0.15) is 0 Å². The average Bonchev–Trinajstić information content (AvgIpc) is 3.02. The summed E-state index contributed by atoms with van der Waals surface area (Å²) in [5, 5.41) is 0.803. The summed E-state index contributed by atoms with van der Waals surface area (Å²) in [6.07, 6.45) is 18.4. The van der Waals surface area contributed by atoms with Gasteiger partial charge in [-0.1, -0.05) is 12.8 Å². The SMILES string of the molecule is CC(C)(C)[S@@](=O)[C]1[C-][CH][CH][CH]1.[CH3][Sn+]([CH3])[CH3].[CH]1[CH][CH][CH][CH]1.[Fe+2]. The van der Waals surface area contributed by atoms with Crippen LogP contribution in [-0.4, -0.2) is 28.7 Å². The number of hydrogen-bond acceptors (Lipinski definition) is 1. The van der Waals surface area contributed by atoms with Crippen LogP contribution in [0.1, 0.15) is 20.8 Å². The molecule has 0 unspecified atom stereocenters. The summed E-state index contributed by atoms with van der Waals surface area (Å²) in [6, 6.07) is 0. The molecule has 0 aromatic carbocycles. The summed E-state index contributed by atoms with van der Waals surface area (Å²) < 4.78 is 11.4. The summed E-state index contributed by atoms with van der Waals surface area (Å²) in [6.45, 7) is 5.89. The van der Waals surface area contributed by atoms with Gasteiger partial charge in [0.25, 0.3) is 0 Å². The van der Waals surface area contributed by atoms with Crippen LogP contribution in [0.2, 0.25) is 14.8 Å². The van der Waals surface area contributed by atoms with Crippen molar-refractivity contribution in [1.82, 2.24) is 0 Å². The van der Waals surface area contributed by atoms with Crippen LogP contribution in [0.4, 0.5) is 0 Å². The molecular formula is C17H26FeOSSn+2. The van der Waals surface area contributed by atoms with E-state index in [1.165, 1.54) is 0 Å². The fourth-order valence-corrected chi connectivity index (χ4v) is 2.12. The Hall–Kier alpha value is 1.47. The molecule has 2 aliphatic rings. The van der Waals surface area contributed by atoms with Gasteiger partial charge in [-0.25, -0.2) is 6.42 Å². The van der Waals surface area contributed by atoms with Gasteiger partial charge in [-0.3, -0.25) is 4.21 Å². The van der Waals surface area contributed by atoms with E-state index in [1.54, 1.807) is 6.42 Å². The second-order valence-electron chi connectivity index (χ2n) is 5.88. The molecule has 21 heavy (non-hydrogen) atoms. The third-order valence-corrected chi connectivity index (χ3v) is 3.65. The molecular weight excluding hydrogens is 427 g/mol. The van der Waals surface area contributed by atoms with Crippen LogP contribution >= 0.6 is 0 Å². The van der Waals surface area contributed by atoms with Crippen molar-refractivity contribution in [2.45, 2.75) is 40.3 Å². The first-order valence-corrected chi connectivity index (χ1v) is 16.4. The summed E-state index contributed by atoms with van der Waals surface area (Å²) in [4.78, 5) is 7.09. The molecule has 10 radical (unpaired) electrons. The maximum atomic E-state index is 11.6. The zero-order valence-corrected chi connectivity index (χ0v) is 18.6. The molecule has 0 bridgehead atoms. The van der Waals surface area contributed by atoms with Gasteiger partial charge >= 0.3 is 51.6 Å². The third-order valence-electron chi connectivity index (χ3n) is 1.88. The van der Waals surface area contributed by atoms with E-state index < -0.39 is 30.6 Å². The molecule has 0 saturated heterocycles. The molecule has 2 aliphatic carbocycles. The summed E-state index contributed by atoms with van der Waals surface area (Å²) >= 11 is -0.543. The summed E-state index contributed by atoms with van der Waals surface area (Å²) in [7, 11) is -0.925. The Balaban J connectivity index is 0. The first-order chi connectivity index (χ1) is 9.25. The Kier molecular flexibility index (Phi) is 16.3. The van der Waals surface area contributed by atoms with E-state index in [9.17, 15) is 4.21 Å². The minimum Gasteiger partial charge on any atom is -0.0312 e. The fourth-order valence-electron chi connectivity index (χ4n) is 1.08. The van der Waals surface area contributed by atoms with E-state index >= 15 is 0 Å². The largest absolute Gasteiger partial charge is 2.00 e. The van der Waals surface area contributed by atoms with E-state index in [0.29, 0.717) is 0 Å². The maximum Gasteiger partial charge on any atom is 2.00 e.